The summed E-state index contributed by atoms with van der Waals surface area (Å²) in [7, 11) is 1.76. The SMILES string of the molecule is CCc1ncc(CN(C)C(=O)/C=C/c2ccc(C(N)=O)cc2)s1. The second-order valence-electron chi connectivity index (χ2n) is 5.09. The van der Waals surface area contributed by atoms with E-state index in [0.717, 1.165) is 21.9 Å². The fourth-order valence-electron chi connectivity index (χ4n) is 1.95. The van der Waals surface area contributed by atoms with Crippen LogP contribution in [0.25, 0.3) is 6.08 Å². The Labute approximate surface area is 139 Å². The number of amides is 2. The molecule has 0 saturated carbocycles. The van der Waals surface area contributed by atoms with Crippen LogP contribution < -0.4 is 5.73 Å². The van der Waals surface area contributed by atoms with Gasteiger partial charge in [-0.15, -0.1) is 11.3 Å². The molecule has 0 aliphatic heterocycles. The Hall–Kier alpha value is -2.47. The van der Waals surface area contributed by atoms with Crippen molar-refractivity contribution < 1.29 is 9.59 Å². The molecule has 2 amide bonds. The Bertz CT molecular complexity index is 720. The van der Waals surface area contributed by atoms with E-state index in [4.69, 9.17) is 5.73 Å². The highest BCUT2D eigenvalue weighted by Crippen LogP contribution is 2.15. The lowest BCUT2D eigenvalue weighted by atomic mass is 10.1. The molecule has 2 N–H and O–H groups in total. The average molecular weight is 329 g/mol. The number of carbonyl (C=O) groups is 2. The molecule has 5 nitrogen and oxygen atoms in total. The van der Waals surface area contributed by atoms with Gasteiger partial charge in [0, 0.05) is 29.8 Å². The second kappa shape index (κ2) is 7.69. The molecule has 0 unspecified atom stereocenters. The Morgan fingerprint density at radius 2 is 2.00 bits per heavy atom. The molecule has 0 atom stereocenters. The number of hydrogen-bond acceptors (Lipinski definition) is 4. The minimum Gasteiger partial charge on any atom is -0.366 e. The lowest BCUT2D eigenvalue weighted by Gasteiger charge is -2.13. The minimum absolute atomic E-state index is 0.0876. The van der Waals surface area contributed by atoms with Crippen LogP contribution >= 0.6 is 11.3 Å². The van der Waals surface area contributed by atoms with Gasteiger partial charge in [0.05, 0.1) is 11.6 Å². The lowest BCUT2D eigenvalue weighted by Crippen LogP contribution is -2.23. The highest BCUT2D eigenvalue weighted by molar-refractivity contribution is 7.11. The van der Waals surface area contributed by atoms with Crippen LogP contribution in [0.4, 0.5) is 0 Å². The molecule has 1 aromatic heterocycles. The van der Waals surface area contributed by atoms with Crippen LogP contribution in [0.5, 0.6) is 0 Å². The highest BCUT2D eigenvalue weighted by atomic mass is 32.1. The molecule has 1 heterocycles. The van der Waals surface area contributed by atoms with Crippen molar-refractivity contribution in [2.24, 2.45) is 5.73 Å². The standard InChI is InChI=1S/C17H19N3O2S/c1-3-15-19-10-14(23-15)11-20(2)16(21)9-6-12-4-7-13(8-5-12)17(18)22/h4-10H,3,11H2,1-2H3,(H2,18,22)/b9-6+. The summed E-state index contributed by atoms with van der Waals surface area (Å²) >= 11 is 1.62. The van der Waals surface area contributed by atoms with Crippen molar-refractivity contribution >= 4 is 29.2 Å². The molecule has 0 fully saturated rings. The Morgan fingerprint density at radius 1 is 1.30 bits per heavy atom. The number of rotatable bonds is 6. The van der Waals surface area contributed by atoms with E-state index in [0.29, 0.717) is 12.1 Å². The molecular formula is C17H19N3O2S. The van der Waals surface area contributed by atoms with Gasteiger partial charge in [0.2, 0.25) is 11.8 Å². The van der Waals surface area contributed by atoms with Gasteiger partial charge in [-0.25, -0.2) is 4.98 Å². The molecule has 23 heavy (non-hydrogen) atoms. The third-order valence-electron chi connectivity index (χ3n) is 3.29. The van der Waals surface area contributed by atoms with Gasteiger partial charge in [0.1, 0.15) is 0 Å². The van der Waals surface area contributed by atoms with E-state index in [1.807, 2.05) is 6.20 Å². The maximum atomic E-state index is 12.1. The van der Waals surface area contributed by atoms with Crippen LogP contribution in [0, 0.1) is 0 Å². The van der Waals surface area contributed by atoms with Crippen LogP contribution in [0.1, 0.15) is 32.7 Å². The third-order valence-corrected chi connectivity index (χ3v) is 4.41. The highest BCUT2D eigenvalue weighted by Gasteiger charge is 2.08. The zero-order valence-electron chi connectivity index (χ0n) is 13.2. The van der Waals surface area contributed by atoms with Crippen molar-refractivity contribution in [3.8, 4) is 0 Å². The van der Waals surface area contributed by atoms with Gasteiger partial charge in [0.25, 0.3) is 0 Å². The van der Waals surface area contributed by atoms with E-state index < -0.39 is 5.91 Å². The minimum atomic E-state index is -0.465. The van der Waals surface area contributed by atoms with E-state index in [2.05, 4.69) is 11.9 Å². The lowest BCUT2D eigenvalue weighted by molar-refractivity contribution is -0.125. The zero-order chi connectivity index (χ0) is 16.8. The first-order valence-electron chi connectivity index (χ1n) is 7.26. The monoisotopic (exact) mass is 329 g/mol. The predicted octanol–water partition coefficient (Wildman–Crippen LogP) is 2.48. The summed E-state index contributed by atoms with van der Waals surface area (Å²) in [5.41, 5.74) is 6.47. The number of hydrogen-bond donors (Lipinski definition) is 1. The number of primary amides is 1. The zero-order valence-corrected chi connectivity index (χ0v) is 14.0. The maximum Gasteiger partial charge on any atom is 0.248 e. The smallest absolute Gasteiger partial charge is 0.248 e. The second-order valence-corrected chi connectivity index (χ2v) is 6.29. The summed E-state index contributed by atoms with van der Waals surface area (Å²) in [6, 6.07) is 6.78. The van der Waals surface area contributed by atoms with Crippen LogP contribution in [0.2, 0.25) is 0 Å². The summed E-state index contributed by atoms with van der Waals surface area (Å²) in [6.45, 7) is 2.60. The molecule has 0 bridgehead atoms. The maximum absolute atomic E-state index is 12.1. The van der Waals surface area contributed by atoms with Crippen LogP contribution in [0.15, 0.2) is 36.5 Å². The first kappa shape index (κ1) is 16.9. The Balaban J connectivity index is 1.95. The van der Waals surface area contributed by atoms with Crippen LogP contribution in [-0.4, -0.2) is 28.7 Å². The van der Waals surface area contributed by atoms with Crippen molar-refractivity contribution in [1.82, 2.24) is 9.88 Å². The third kappa shape index (κ3) is 4.75. The normalized spacial score (nSPS) is 10.9. The quantitative estimate of drug-likeness (QED) is 0.827. The number of nitrogens with two attached hydrogens (primary N) is 1. The van der Waals surface area contributed by atoms with E-state index in [1.54, 1.807) is 53.6 Å². The number of aromatic nitrogens is 1. The van der Waals surface area contributed by atoms with Crippen molar-refractivity contribution in [1.29, 1.82) is 0 Å². The van der Waals surface area contributed by atoms with Crippen LogP contribution in [-0.2, 0) is 17.8 Å². The van der Waals surface area contributed by atoms with Gasteiger partial charge < -0.3 is 10.6 Å². The largest absolute Gasteiger partial charge is 0.366 e. The number of benzene rings is 1. The van der Waals surface area contributed by atoms with E-state index in [9.17, 15) is 9.59 Å². The number of thiazole rings is 1. The molecule has 0 radical (unpaired) electrons. The van der Waals surface area contributed by atoms with Gasteiger partial charge in [-0.3, -0.25) is 9.59 Å². The molecule has 0 spiro atoms. The molecule has 120 valence electrons. The fourth-order valence-corrected chi connectivity index (χ4v) is 2.87. The van der Waals surface area contributed by atoms with Crippen molar-refractivity contribution in [3.05, 3.63) is 57.6 Å². The Kier molecular flexibility index (Phi) is 5.65. The first-order chi connectivity index (χ1) is 11.0. The average Bonchev–Trinajstić information content (AvgIpc) is 3.00. The Morgan fingerprint density at radius 3 is 2.57 bits per heavy atom. The fraction of sp³-hybridized carbons (Fsp3) is 0.235. The number of likely N-dealkylation sites (N-methyl/N-ethyl adjacent to an activating group) is 1. The van der Waals surface area contributed by atoms with E-state index >= 15 is 0 Å². The molecule has 0 aliphatic rings. The summed E-state index contributed by atoms with van der Waals surface area (Å²) in [5, 5.41) is 1.07. The van der Waals surface area contributed by atoms with Gasteiger partial charge >= 0.3 is 0 Å². The molecule has 1 aromatic carbocycles. The van der Waals surface area contributed by atoms with Gasteiger partial charge in [-0.1, -0.05) is 19.1 Å². The summed E-state index contributed by atoms with van der Waals surface area (Å²) < 4.78 is 0. The predicted molar refractivity (Wildman–Crippen MR) is 92.0 cm³/mol. The van der Waals surface area contributed by atoms with Crippen LogP contribution in [0.3, 0.4) is 0 Å². The molecular weight excluding hydrogens is 310 g/mol. The van der Waals surface area contributed by atoms with E-state index in [-0.39, 0.29) is 5.91 Å². The molecule has 2 aromatic rings. The number of carbonyl (C=O) groups excluding carboxylic acids is 2. The van der Waals surface area contributed by atoms with E-state index in [1.165, 1.54) is 6.08 Å². The first-order valence-corrected chi connectivity index (χ1v) is 8.08. The molecule has 2 rings (SSSR count). The number of aryl methyl sites for hydroxylation is 1. The van der Waals surface area contributed by atoms with Gasteiger partial charge in [-0.2, -0.15) is 0 Å². The van der Waals surface area contributed by atoms with Gasteiger partial charge in [0.15, 0.2) is 0 Å². The molecule has 0 saturated heterocycles. The number of nitrogens with zero attached hydrogens (tertiary/aromatic N) is 2. The molecule has 0 aliphatic carbocycles. The van der Waals surface area contributed by atoms with Crippen molar-refractivity contribution in [3.63, 3.8) is 0 Å². The summed E-state index contributed by atoms with van der Waals surface area (Å²) in [6.07, 6.45) is 5.96. The van der Waals surface area contributed by atoms with Crippen molar-refractivity contribution in [2.45, 2.75) is 19.9 Å². The summed E-state index contributed by atoms with van der Waals surface area (Å²) in [4.78, 5) is 30.1. The van der Waals surface area contributed by atoms with Gasteiger partial charge in [-0.05, 0) is 30.2 Å². The van der Waals surface area contributed by atoms with Crippen molar-refractivity contribution in [2.75, 3.05) is 7.05 Å². The topological polar surface area (TPSA) is 76.3 Å². The summed E-state index contributed by atoms with van der Waals surface area (Å²) in [5.74, 6) is -0.553. The molecule has 6 heteroatoms.